The van der Waals surface area contributed by atoms with Gasteiger partial charge in [0.15, 0.2) is 5.16 Å². The van der Waals surface area contributed by atoms with Crippen molar-refractivity contribution in [3.63, 3.8) is 0 Å². The number of hydrogen-bond acceptors (Lipinski definition) is 6. The maximum absolute atomic E-state index is 13.6. The Morgan fingerprint density at radius 3 is 2.66 bits per heavy atom. The lowest BCUT2D eigenvalue weighted by Gasteiger charge is -2.31. The van der Waals surface area contributed by atoms with Gasteiger partial charge in [-0.05, 0) is 73.7 Å². The Hall–Kier alpha value is -2.68. The van der Waals surface area contributed by atoms with Crippen molar-refractivity contribution < 1.29 is 13.9 Å². The van der Waals surface area contributed by atoms with Crippen molar-refractivity contribution in [3.8, 4) is 16.9 Å². The first kappa shape index (κ1) is 25.4. The third-order valence-electron chi connectivity index (χ3n) is 6.07. The molecule has 0 spiro atoms. The first-order valence-corrected chi connectivity index (χ1v) is 12.9. The molecule has 35 heavy (non-hydrogen) atoms. The largest absolute Gasteiger partial charge is 0.497 e. The summed E-state index contributed by atoms with van der Waals surface area (Å²) in [4.78, 5) is 21.6. The Labute approximate surface area is 214 Å². The summed E-state index contributed by atoms with van der Waals surface area (Å²) in [5, 5.41) is 7.23. The normalized spacial score (nSPS) is 16.5. The summed E-state index contributed by atoms with van der Waals surface area (Å²) in [5.41, 5.74) is 2.78. The number of nitrogens with one attached hydrogen (secondary N) is 2. The first-order chi connectivity index (χ1) is 17.0. The minimum absolute atomic E-state index is 0.0733. The van der Waals surface area contributed by atoms with Gasteiger partial charge >= 0.3 is 0 Å². The zero-order valence-electron chi connectivity index (χ0n) is 19.5. The maximum atomic E-state index is 13.6. The van der Waals surface area contributed by atoms with Crippen LogP contribution in [0.5, 0.6) is 5.75 Å². The summed E-state index contributed by atoms with van der Waals surface area (Å²) < 4.78 is 18.8. The summed E-state index contributed by atoms with van der Waals surface area (Å²) in [6, 6.07) is 12.3. The molecule has 1 saturated heterocycles. The molecule has 1 aromatic heterocycles. The van der Waals surface area contributed by atoms with Crippen LogP contribution in [-0.2, 0) is 11.2 Å². The van der Waals surface area contributed by atoms with Gasteiger partial charge < -0.3 is 15.4 Å². The number of benzene rings is 2. The van der Waals surface area contributed by atoms with E-state index in [2.05, 4.69) is 20.6 Å². The zero-order valence-corrected chi connectivity index (χ0v) is 21.0. The summed E-state index contributed by atoms with van der Waals surface area (Å²) in [6.45, 7) is 1.82. The van der Waals surface area contributed by atoms with Gasteiger partial charge in [0.2, 0.25) is 5.91 Å². The lowest BCUT2D eigenvalue weighted by Crippen LogP contribution is -2.48. The standard InChI is InChI=1S/C26H28ClFN4O2S/c1-34-21-7-5-18(6-8-21)20-14-30-26(31-15-20)35-16-25(33)32-24(19-3-2-10-29-13-19)12-17-4-9-23(28)22(27)11-17/h4-9,11,14-15,19,24,29H,2-3,10,12-13,16H2,1H3,(H,32,33). The molecule has 0 saturated carbocycles. The number of ether oxygens (including phenoxy) is 1. The molecule has 0 radical (unpaired) electrons. The van der Waals surface area contributed by atoms with E-state index in [1.54, 1.807) is 31.6 Å². The van der Waals surface area contributed by atoms with Gasteiger partial charge in [-0.2, -0.15) is 0 Å². The van der Waals surface area contributed by atoms with E-state index >= 15 is 0 Å². The Bertz CT molecular complexity index is 1130. The van der Waals surface area contributed by atoms with Crippen molar-refractivity contribution in [1.29, 1.82) is 0 Å². The average Bonchev–Trinajstić information content (AvgIpc) is 2.90. The number of hydrogen-bond donors (Lipinski definition) is 2. The molecule has 2 unspecified atom stereocenters. The number of methoxy groups -OCH3 is 1. The summed E-state index contributed by atoms with van der Waals surface area (Å²) in [7, 11) is 1.63. The fourth-order valence-corrected chi connectivity index (χ4v) is 4.98. The highest BCUT2D eigenvalue weighted by molar-refractivity contribution is 7.99. The van der Waals surface area contributed by atoms with E-state index in [9.17, 15) is 9.18 Å². The van der Waals surface area contributed by atoms with E-state index in [0.717, 1.165) is 48.4 Å². The number of thioether (sulfide) groups is 1. The molecule has 0 aliphatic carbocycles. The van der Waals surface area contributed by atoms with Gasteiger partial charge in [-0.1, -0.05) is 41.6 Å². The van der Waals surface area contributed by atoms with E-state index in [1.165, 1.54) is 17.8 Å². The second-order valence-electron chi connectivity index (χ2n) is 8.50. The van der Waals surface area contributed by atoms with Crippen LogP contribution in [-0.4, -0.2) is 47.9 Å². The smallest absolute Gasteiger partial charge is 0.230 e. The minimum atomic E-state index is -0.440. The number of nitrogens with zero attached hydrogens (tertiary/aromatic N) is 2. The second kappa shape index (κ2) is 12.3. The number of piperidine rings is 1. The molecule has 9 heteroatoms. The van der Waals surface area contributed by atoms with E-state index in [4.69, 9.17) is 16.3 Å². The van der Waals surface area contributed by atoms with Crippen LogP contribution in [0.3, 0.4) is 0 Å². The lowest BCUT2D eigenvalue weighted by atomic mass is 9.87. The zero-order chi connectivity index (χ0) is 24.6. The summed E-state index contributed by atoms with van der Waals surface area (Å²) >= 11 is 7.27. The van der Waals surface area contributed by atoms with Crippen molar-refractivity contribution in [2.45, 2.75) is 30.5 Å². The van der Waals surface area contributed by atoms with Gasteiger partial charge in [-0.25, -0.2) is 14.4 Å². The molecule has 4 rings (SSSR count). The number of carbonyl (C=O) groups is 1. The molecule has 0 bridgehead atoms. The van der Waals surface area contributed by atoms with E-state index < -0.39 is 5.82 Å². The van der Waals surface area contributed by atoms with Crippen LogP contribution in [0.25, 0.3) is 11.1 Å². The molecule has 2 atom stereocenters. The Balaban J connectivity index is 1.35. The summed E-state index contributed by atoms with van der Waals surface area (Å²) in [6.07, 6.45) is 6.18. The first-order valence-electron chi connectivity index (χ1n) is 11.5. The predicted molar refractivity (Wildman–Crippen MR) is 137 cm³/mol. The molecule has 3 aromatic rings. The van der Waals surface area contributed by atoms with Crippen LogP contribution in [0.2, 0.25) is 5.02 Å². The molecule has 2 aromatic carbocycles. The van der Waals surface area contributed by atoms with Crippen LogP contribution in [0.4, 0.5) is 4.39 Å². The van der Waals surface area contributed by atoms with E-state index in [-0.39, 0.29) is 22.7 Å². The average molecular weight is 515 g/mol. The number of carbonyl (C=O) groups excluding carboxylic acids is 1. The molecule has 184 valence electrons. The van der Waals surface area contributed by atoms with Gasteiger partial charge in [0.25, 0.3) is 0 Å². The lowest BCUT2D eigenvalue weighted by molar-refractivity contribution is -0.119. The maximum Gasteiger partial charge on any atom is 0.230 e. The van der Waals surface area contributed by atoms with Crippen LogP contribution in [0, 0.1) is 11.7 Å². The third kappa shape index (κ3) is 7.16. The second-order valence-corrected chi connectivity index (χ2v) is 9.85. The Morgan fingerprint density at radius 1 is 1.23 bits per heavy atom. The van der Waals surface area contributed by atoms with Crippen LogP contribution in [0.15, 0.2) is 60.0 Å². The highest BCUT2D eigenvalue weighted by atomic mass is 35.5. The van der Waals surface area contributed by atoms with Gasteiger partial charge in [-0.3, -0.25) is 4.79 Å². The van der Waals surface area contributed by atoms with Crippen LogP contribution in [0.1, 0.15) is 18.4 Å². The minimum Gasteiger partial charge on any atom is -0.497 e. The van der Waals surface area contributed by atoms with E-state index in [1.807, 2.05) is 24.3 Å². The van der Waals surface area contributed by atoms with Gasteiger partial charge in [-0.15, -0.1) is 0 Å². The highest BCUT2D eigenvalue weighted by Crippen LogP contribution is 2.24. The van der Waals surface area contributed by atoms with Crippen molar-refractivity contribution in [1.82, 2.24) is 20.6 Å². The number of halogens is 2. The molecule has 1 aliphatic heterocycles. The Morgan fingerprint density at radius 2 is 2.00 bits per heavy atom. The van der Waals surface area contributed by atoms with Crippen LogP contribution >= 0.6 is 23.4 Å². The molecule has 2 N–H and O–H groups in total. The van der Waals surface area contributed by atoms with Gasteiger partial charge in [0.05, 0.1) is 17.9 Å². The molecule has 6 nitrogen and oxygen atoms in total. The fraction of sp³-hybridized carbons (Fsp3) is 0.346. The van der Waals surface area contributed by atoms with Crippen molar-refractivity contribution >= 4 is 29.3 Å². The van der Waals surface area contributed by atoms with Gasteiger partial charge in [0, 0.05) is 24.0 Å². The molecule has 1 fully saturated rings. The Kier molecular flexibility index (Phi) is 8.95. The van der Waals surface area contributed by atoms with Crippen molar-refractivity contribution in [2.24, 2.45) is 5.92 Å². The molecule has 2 heterocycles. The predicted octanol–water partition coefficient (Wildman–Crippen LogP) is 4.76. The highest BCUT2D eigenvalue weighted by Gasteiger charge is 2.25. The SMILES string of the molecule is COc1ccc(-c2cnc(SCC(=O)NC(Cc3ccc(F)c(Cl)c3)C3CCCNC3)nc2)cc1. The van der Waals surface area contributed by atoms with Crippen molar-refractivity contribution in [2.75, 3.05) is 26.0 Å². The number of rotatable bonds is 9. The molecule has 1 aliphatic rings. The molecule has 1 amide bonds. The van der Waals surface area contributed by atoms with Crippen molar-refractivity contribution in [3.05, 3.63) is 71.3 Å². The monoisotopic (exact) mass is 514 g/mol. The summed E-state index contributed by atoms with van der Waals surface area (Å²) in [5.74, 6) is 0.772. The van der Waals surface area contributed by atoms with Gasteiger partial charge in [0.1, 0.15) is 11.6 Å². The molecular formula is C26H28ClFN4O2S. The van der Waals surface area contributed by atoms with E-state index in [0.29, 0.717) is 17.5 Å². The molecular weight excluding hydrogens is 487 g/mol. The quantitative estimate of drug-likeness (QED) is 0.316. The third-order valence-corrected chi connectivity index (χ3v) is 7.24. The number of aromatic nitrogens is 2. The topological polar surface area (TPSA) is 76.1 Å². The van der Waals surface area contributed by atoms with Crippen LogP contribution < -0.4 is 15.4 Å². The number of amides is 1. The fourth-order valence-electron chi connectivity index (χ4n) is 4.18.